The van der Waals surface area contributed by atoms with Gasteiger partial charge in [0.1, 0.15) is 5.84 Å². The molecule has 3 amide bonds. The molecule has 1 aliphatic carbocycles. The molecule has 0 saturated heterocycles. The highest BCUT2D eigenvalue weighted by Gasteiger charge is 2.30. The Morgan fingerprint density at radius 1 is 1.03 bits per heavy atom. The van der Waals surface area contributed by atoms with Crippen molar-refractivity contribution < 1.29 is 22.8 Å². The molecule has 2 aromatic carbocycles. The van der Waals surface area contributed by atoms with E-state index in [9.17, 15) is 22.8 Å². The molecule has 3 aromatic rings. The number of pyridine rings is 1. The van der Waals surface area contributed by atoms with Crippen LogP contribution in [0.5, 0.6) is 0 Å². The van der Waals surface area contributed by atoms with E-state index in [4.69, 9.17) is 16.5 Å². The van der Waals surface area contributed by atoms with Crippen LogP contribution in [0.2, 0.25) is 0 Å². The van der Waals surface area contributed by atoms with E-state index in [1.54, 1.807) is 19.2 Å². The van der Waals surface area contributed by atoms with Crippen molar-refractivity contribution in [3.05, 3.63) is 77.1 Å². The number of aryl methyl sites for hydroxylation is 1. The number of aromatic nitrogens is 1. The number of rotatable bonds is 9. The molecule has 6 N–H and O–H groups in total. The van der Waals surface area contributed by atoms with E-state index in [0.29, 0.717) is 35.8 Å². The third-order valence-electron chi connectivity index (χ3n) is 6.35. The number of primary amides is 1. The fourth-order valence-electron chi connectivity index (χ4n) is 4.24. The predicted octanol–water partition coefficient (Wildman–Crippen LogP) is 5.43. The molecule has 1 aromatic heterocycles. The van der Waals surface area contributed by atoms with Crippen LogP contribution in [-0.4, -0.2) is 29.8 Å². The van der Waals surface area contributed by atoms with Crippen molar-refractivity contribution in [2.45, 2.75) is 44.2 Å². The van der Waals surface area contributed by atoms with Gasteiger partial charge in [-0.25, -0.2) is 4.79 Å². The number of nitrogens with one attached hydrogen (secondary N) is 2. The third-order valence-corrected chi connectivity index (χ3v) is 6.35. The SMILES string of the molecule is CN=C(N)c1c(-c2ccc(NC(=O)Nc3cccc(C(F)(F)F)c3)cc2)cc(C2CC2)nc1CCCC(N)=O. The lowest BCUT2D eigenvalue weighted by Crippen LogP contribution is -2.20. The molecule has 0 aliphatic heterocycles. The number of amidine groups is 1. The Hall–Kier alpha value is -4.41. The van der Waals surface area contributed by atoms with Crippen LogP contribution in [0.1, 0.15) is 54.1 Å². The normalized spacial score (nSPS) is 13.7. The zero-order valence-corrected chi connectivity index (χ0v) is 21.3. The molecule has 11 heteroatoms. The standard InChI is InChI=1S/C28H29F3N6O2/c1-34-26(33)25-21(15-23(17-8-9-17)37-22(25)6-3-7-24(32)38)16-10-12-19(13-11-16)35-27(39)36-20-5-2-4-18(14-20)28(29,30)31/h2,4-5,10-15,17H,3,6-9H2,1H3,(H2,32,38)(H2,33,34)(H2,35,36,39). The lowest BCUT2D eigenvalue weighted by molar-refractivity contribution is -0.137. The Kier molecular flexibility index (Phi) is 8.18. The second-order valence-corrected chi connectivity index (χ2v) is 9.35. The lowest BCUT2D eigenvalue weighted by Gasteiger charge is -2.17. The van der Waals surface area contributed by atoms with Crippen molar-refractivity contribution in [3.63, 3.8) is 0 Å². The summed E-state index contributed by atoms with van der Waals surface area (Å²) in [5.41, 5.74) is 15.3. The highest BCUT2D eigenvalue weighted by atomic mass is 19.4. The fourth-order valence-corrected chi connectivity index (χ4v) is 4.24. The average Bonchev–Trinajstić information content (AvgIpc) is 3.73. The maximum absolute atomic E-state index is 13.0. The molecule has 0 unspecified atom stereocenters. The first kappa shape index (κ1) is 27.6. The van der Waals surface area contributed by atoms with Crippen LogP contribution < -0.4 is 22.1 Å². The number of carbonyl (C=O) groups is 2. The van der Waals surface area contributed by atoms with Crippen molar-refractivity contribution in [1.82, 2.24) is 4.98 Å². The Morgan fingerprint density at radius 3 is 2.33 bits per heavy atom. The largest absolute Gasteiger partial charge is 0.416 e. The van der Waals surface area contributed by atoms with Crippen LogP contribution in [0.15, 0.2) is 59.6 Å². The van der Waals surface area contributed by atoms with Gasteiger partial charge in [-0.15, -0.1) is 0 Å². The van der Waals surface area contributed by atoms with E-state index in [1.807, 2.05) is 18.2 Å². The van der Waals surface area contributed by atoms with Crippen molar-refractivity contribution in [2.75, 3.05) is 17.7 Å². The van der Waals surface area contributed by atoms with Crippen molar-refractivity contribution in [2.24, 2.45) is 16.5 Å². The summed E-state index contributed by atoms with van der Waals surface area (Å²) in [6.07, 6.45) is -1.14. The van der Waals surface area contributed by atoms with E-state index in [1.165, 1.54) is 12.1 Å². The maximum atomic E-state index is 13.0. The first-order valence-electron chi connectivity index (χ1n) is 12.5. The molecule has 0 atom stereocenters. The van der Waals surface area contributed by atoms with Crippen molar-refractivity contribution >= 4 is 29.1 Å². The average molecular weight is 539 g/mol. The second-order valence-electron chi connectivity index (χ2n) is 9.35. The number of nitrogens with two attached hydrogens (primary N) is 2. The van der Waals surface area contributed by atoms with Crippen LogP contribution in [0.4, 0.5) is 29.3 Å². The van der Waals surface area contributed by atoms with Gasteiger partial charge in [0, 0.05) is 42.0 Å². The topological polar surface area (TPSA) is 135 Å². The van der Waals surface area contributed by atoms with Gasteiger partial charge in [-0.1, -0.05) is 18.2 Å². The smallest absolute Gasteiger partial charge is 0.383 e. The van der Waals surface area contributed by atoms with Gasteiger partial charge in [0.2, 0.25) is 5.91 Å². The van der Waals surface area contributed by atoms with Crippen LogP contribution in [0.3, 0.4) is 0 Å². The zero-order chi connectivity index (χ0) is 28.2. The van der Waals surface area contributed by atoms with Gasteiger partial charge in [0.15, 0.2) is 0 Å². The molecule has 1 aliphatic rings. The molecule has 0 spiro atoms. The van der Waals surface area contributed by atoms with E-state index in [2.05, 4.69) is 15.6 Å². The van der Waals surface area contributed by atoms with Gasteiger partial charge in [0.25, 0.3) is 0 Å². The Labute approximate surface area is 223 Å². The quantitative estimate of drug-likeness (QED) is 0.213. The summed E-state index contributed by atoms with van der Waals surface area (Å²) in [6, 6.07) is 12.7. The minimum atomic E-state index is -4.51. The van der Waals surface area contributed by atoms with Crippen molar-refractivity contribution in [3.8, 4) is 11.1 Å². The van der Waals surface area contributed by atoms with Gasteiger partial charge in [0.05, 0.1) is 11.3 Å². The van der Waals surface area contributed by atoms with Crippen molar-refractivity contribution in [1.29, 1.82) is 0 Å². The number of halogens is 3. The van der Waals surface area contributed by atoms with Gasteiger partial charge in [-0.05, 0) is 73.2 Å². The van der Waals surface area contributed by atoms with E-state index in [-0.39, 0.29) is 18.0 Å². The van der Waals surface area contributed by atoms with E-state index < -0.39 is 17.8 Å². The van der Waals surface area contributed by atoms with Crippen LogP contribution >= 0.6 is 0 Å². The van der Waals surface area contributed by atoms with Crippen LogP contribution in [0, 0.1) is 0 Å². The summed E-state index contributed by atoms with van der Waals surface area (Å²) in [7, 11) is 1.59. The number of amides is 3. The zero-order valence-electron chi connectivity index (χ0n) is 21.3. The molecule has 8 nitrogen and oxygen atoms in total. The Balaban J connectivity index is 1.57. The monoisotopic (exact) mass is 538 g/mol. The maximum Gasteiger partial charge on any atom is 0.416 e. The highest BCUT2D eigenvalue weighted by Crippen LogP contribution is 2.41. The summed E-state index contributed by atoms with van der Waals surface area (Å²) in [5, 5.41) is 5.05. The number of urea groups is 1. The van der Waals surface area contributed by atoms with Gasteiger partial charge in [-0.2, -0.15) is 13.2 Å². The molecule has 1 heterocycles. The Bertz CT molecular complexity index is 1400. The minimum absolute atomic E-state index is 0.0196. The molecular formula is C28H29F3N6O2. The number of anilines is 2. The molecule has 4 rings (SSSR count). The molecule has 39 heavy (non-hydrogen) atoms. The number of benzene rings is 2. The molecule has 204 valence electrons. The number of carbonyl (C=O) groups excluding carboxylic acids is 2. The van der Waals surface area contributed by atoms with Gasteiger partial charge >= 0.3 is 12.2 Å². The number of nitrogens with zero attached hydrogens (tertiary/aromatic N) is 2. The number of aliphatic imine (C=N–C) groups is 1. The van der Waals surface area contributed by atoms with Gasteiger partial charge < -0.3 is 22.1 Å². The summed E-state index contributed by atoms with van der Waals surface area (Å²) in [4.78, 5) is 32.7. The summed E-state index contributed by atoms with van der Waals surface area (Å²) < 4.78 is 38.9. The number of alkyl halides is 3. The number of hydrogen-bond donors (Lipinski definition) is 4. The van der Waals surface area contributed by atoms with Crippen LogP contribution in [-0.2, 0) is 17.4 Å². The summed E-state index contributed by atoms with van der Waals surface area (Å²) >= 11 is 0. The fraction of sp³-hybridized carbons (Fsp3) is 0.286. The summed E-state index contributed by atoms with van der Waals surface area (Å²) in [5.74, 6) is 0.303. The lowest BCUT2D eigenvalue weighted by atomic mass is 9.94. The Morgan fingerprint density at radius 2 is 1.72 bits per heavy atom. The molecule has 1 saturated carbocycles. The summed E-state index contributed by atoms with van der Waals surface area (Å²) in [6.45, 7) is 0. The van der Waals surface area contributed by atoms with E-state index >= 15 is 0 Å². The number of hydrogen-bond acceptors (Lipinski definition) is 4. The van der Waals surface area contributed by atoms with Crippen LogP contribution in [0.25, 0.3) is 11.1 Å². The first-order chi connectivity index (χ1) is 18.5. The molecule has 0 bridgehead atoms. The van der Waals surface area contributed by atoms with Gasteiger partial charge in [-0.3, -0.25) is 14.8 Å². The molecule has 1 fully saturated rings. The first-order valence-corrected chi connectivity index (χ1v) is 12.5. The third kappa shape index (κ3) is 7.13. The second kappa shape index (κ2) is 11.5. The minimum Gasteiger partial charge on any atom is -0.383 e. The molecule has 0 radical (unpaired) electrons. The highest BCUT2D eigenvalue weighted by molar-refractivity contribution is 6.05. The predicted molar refractivity (Wildman–Crippen MR) is 145 cm³/mol. The molecular weight excluding hydrogens is 509 g/mol. The van der Waals surface area contributed by atoms with E-state index in [0.717, 1.165) is 47.5 Å².